The van der Waals surface area contributed by atoms with Crippen molar-refractivity contribution in [2.75, 3.05) is 0 Å². The van der Waals surface area contributed by atoms with Crippen molar-refractivity contribution in [1.29, 1.82) is 0 Å². The summed E-state index contributed by atoms with van der Waals surface area (Å²) >= 11 is 0. The maximum atomic E-state index is 5.31. The van der Waals surface area contributed by atoms with Crippen LogP contribution >= 0.6 is 0 Å². The van der Waals surface area contributed by atoms with E-state index in [0.29, 0.717) is 11.4 Å². The van der Waals surface area contributed by atoms with Gasteiger partial charge in [-0.25, -0.2) is 9.98 Å². The average Bonchev–Trinajstić information content (AvgIpc) is 0.871. The minimum absolute atomic E-state index is 0.651. The van der Waals surface area contributed by atoms with Crippen LogP contribution in [0.4, 0.5) is 11.4 Å². The molecule has 0 amide bonds. The number of benzene rings is 2. The van der Waals surface area contributed by atoms with Gasteiger partial charge in [-0.3, -0.25) is 0 Å². The van der Waals surface area contributed by atoms with Crippen molar-refractivity contribution in [2.24, 2.45) is 9.98 Å². The highest BCUT2D eigenvalue weighted by Gasteiger charge is 2.09. The van der Waals surface area contributed by atoms with Gasteiger partial charge in [-0.05, 0) is 73.9 Å². The van der Waals surface area contributed by atoms with Crippen LogP contribution in [0.25, 0.3) is 0 Å². The quantitative estimate of drug-likeness (QED) is 0.0358. The Kier molecular flexibility index (Phi) is 79.2. The number of aliphatic imine (C=N–C) groups is 2. The van der Waals surface area contributed by atoms with E-state index in [4.69, 9.17) is 9.98 Å². The lowest BCUT2D eigenvalue weighted by atomic mass is 10.0. The minimum atomic E-state index is 0.651. The molecular formula is C106H180N2. The van der Waals surface area contributed by atoms with E-state index < -0.39 is 0 Å². The van der Waals surface area contributed by atoms with E-state index in [1.54, 1.807) is 0 Å². The summed E-state index contributed by atoms with van der Waals surface area (Å²) in [6, 6.07) is 16.9. The zero-order chi connectivity index (χ0) is 76.8. The van der Waals surface area contributed by atoms with Crippen molar-refractivity contribution in [3.05, 3.63) is 59.7 Å². The molecule has 0 spiro atoms. The van der Waals surface area contributed by atoms with E-state index >= 15 is 0 Å². The van der Waals surface area contributed by atoms with Crippen LogP contribution in [0.3, 0.4) is 0 Å². The monoisotopic (exact) mass is 1480 g/mol. The normalized spacial score (nSPS) is 11.5. The lowest BCUT2D eigenvalue weighted by molar-refractivity contribution is 0.516. The summed E-state index contributed by atoms with van der Waals surface area (Å²) in [6.45, 7) is 9.22. The zero-order valence-electron chi connectivity index (χ0n) is 73.1. The fourth-order valence-electron chi connectivity index (χ4n) is 15.6. The average molecular weight is 1480 g/mol. The van der Waals surface area contributed by atoms with Gasteiger partial charge >= 0.3 is 0 Å². The number of hydrogen-bond donors (Lipinski definition) is 0. The van der Waals surface area contributed by atoms with E-state index in [1.165, 1.54) is 475 Å². The van der Waals surface area contributed by atoms with E-state index in [-0.39, 0.29) is 0 Å². The summed E-state index contributed by atoms with van der Waals surface area (Å²) in [5, 5.41) is 0. The molecule has 2 heteroatoms. The number of rotatable bonds is 79. The molecule has 2 aromatic carbocycles. The van der Waals surface area contributed by atoms with Crippen LogP contribution in [-0.4, -0.2) is 11.4 Å². The van der Waals surface area contributed by atoms with E-state index in [2.05, 4.69) is 124 Å². The van der Waals surface area contributed by atoms with Gasteiger partial charge < -0.3 is 0 Å². The van der Waals surface area contributed by atoms with Crippen molar-refractivity contribution in [2.45, 2.75) is 541 Å². The highest BCUT2D eigenvalue weighted by molar-refractivity contribution is 6.55. The van der Waals surface area contributed by atoms with Gasteiger partial charge in [-0.15, -0.1) is 0 Å². The van der Waals surface area contributed by atoms with Gasteiger partial charge in [0.05, 0.1) is 11.4 Å². The molecule has 0 atom stereocenters. The van der Waals surface area contributed by atoms with Crippen LogP contribution in [0, 0.1) is 47.4 Å². The Labute approximate surface area is 677 Å². The third-order valence-electron chi connectivity index (χ3n) is 22.9. The summed E-state index contributed by atoms with van der Waals surface area (Å²) in [5.41, 5.74) is 5.03. The second-order valence-corrected chi connectivity index (χ2v) is 33.7. The van der Waals surface area contributed by atoms with Crippen molar-refractivity contribution in [1.82, 2.24) is 0 Å². The molecule has 0 aromatic heterocycles. The molecule has 2 aromatic rings. The lowest BCUT2D eigenvalue weighted by Gasteiger charge is -2.04. The van der Waals surface area contributed by atoms with Crippen molar-refractivity contribution in [3.8, 4) is 47.4 Å². The first kappa shape index (κ1) is 100. The highest BCUT2D eigenvalue weighted by Crippen LogP contribution is 2.23. The van der Waals surface area contributed by atoms with Crippen LogP contribution in [0.2, 0.25) is 0 Å². The maximum Gasteiger partial charge on any atom is 0.148 e. The molecule has 0 heterocycles. The van der Waals surface area contributed by atoms with E-state index in [1.807, 2.05) is 0 Å². The van der Waals surface area contributed by atoms with E-state index in [0.717, 1.165) is 61.0 Å². The van der Waals surface area contributed by atoms with E-state index in [9.17, 15) is 0 Å². The Hall–Kier alpha value is -3.98. The van der Waals surface area contributed by atoms with Gasteiger partial charge in [-0.2, -0.15) is 0 Å². The summed E-state index contributed by atoms with van der Waals surface area (Å²) in [5.74, 6) is 28.3. The van der Waals surface area contributed by atoms with Crippen LogP contribution in [0.1, 0.15) is 552 Å². The predicted octanol–water partition coefficient (Wildman–Crippen LogP) is 36.5. The van der Waals surface area contributed by atoms with Gasteiger partial charge in [0.15, 0.2) is 0 Å². The second-order valence-electron chi connectivity index (χ2n) is 33.7. The first-order valence-corrected chi connectivity index (χ1v) is 49.0. The maximum absolute atomic E-state index is 5.31. The number of nitrogens with zero attached hydrogens (tertiary/aromatic N) is 2. The van der Waals surface area contributed by atoms with Crippen LogP contribution in [-0.2, 0) is 0 Å². The Morgan fingerprint density at radius 3 is 0.528 bits per heavy atom. The van der Waals surface area contributed by atoms with Crippen molar-refractivity contribution >= 4 is 22.8 Å². The summed E-state index contributed by atoms with van der Waals surface area (Å²) in [4.78, 5) is 10.6. The number of hydrogen-bond acceptors (Lipinski definition) is 2. The van der Waals surface area contributed by atoms with Crippen molar-refractivity contribution in [3.63, 3.8) is 0 Å². The van der Waals surface area contributed by atoms with Gasteiger partial charge in [0.1, 0.15) is 11.4 Å². The molecule has 108 heavy (non-hydrogen) atoms. The zero-order valence-corrected chi connectivity index (χ0v) is 73.1. The van der Waals surface area contributed by atoms with Crippen LogP contribution in [0.5, 0.6) is 0 Å². The Morgan fingerprint density at radius 1 is 0.194 bits per heavy atom. The predicted molar refractivity (Wildman–Crippen MR) is 488 cm³/mol. The Balaban J connectivity index is 1.93. The summed E-state index contributed by atoms with van der Waals surface area (Å²) in [6.07, 6.45) is 110. The van der Waals surface area contributed by atoms with Crippen LogP contribution < -0.4 is 0 Å². The van der Waals surface area contributed by atoms with Gasteiger partial charge in [-0.1, -0.05) is 538 Å². The fourth-order valence-corrected chi connectivity index (χ4v) is 15.6. The number of unbranched alkanes of at least 4 members (excludes halogenated alkanes) is 76. The molecule has 2 rings (SSSR count). The lowest BCUT2D eigenvalue weighted by Crippen LogP contribution is -2.10. The molecular weight excluding hydrogens is 1300 g/mol. The SMILES string of the molecule is CCCCCCCC#CC(=Nc1cccc(C#CCCCCCCCCCCCCCCCCCCCCCCCCC)c1)C(C#CCCCCCCCCCCCCCCCCCCCCCCCCCCC)=Nc1cccc(C#CCCCCCCCCCCCCCCCCCCCCCCCCC)c1. The fraction of sp³-hybridized carbons (Fsp3) is 0.792. The molecule has 0 unspecified atom stereocenters. The topological polar surface area (TPSA) is 24.7 Å². The molecule has 0 aliphatic rings. The molecule has 0 aliphatic carbocycles. The molecule has 0 radical (unpaired) electrons. The standard InChI is InChI=1S/C106H180N2/c1-5-9-13-17-21-24-27-30-33-36-39-42-45-48-49-52-55-58-61-64-67-70-73-76-80-84-88-98-106(108-104-96-90-94-102(100-104)92-86-82-79-75-72-69-66-63-60-57-54-51-47-44-41-38-35-32-29-26-23-19-15-11-7-3)105(97-87-83-77-20-16-12-8-4)107-103-95-89-93-101(99-103)91-85-81-78-74-71-68-65-62-59-56-53-50-46-43-40-37-34-31-28-25-22-18-14-10-6-2/h89-90,93-96,99-100H,5-84H2,1-4H3. The van der Waals surface area contributed by atoms with Gasteiger partial charge in [0.25, 0.3) is 0 Å². The Morgan fingerprint density at radius 2 is 0.352 bits per heavy atom. The second kappa shape index (κ2) is 85.4. The van der Waals surface area contributed by atoms with Crippen molar-refractivity contribution < 1.29 is 0 Å². The molecule has 0 saturated carbocycles. The van der Waals surface area contributed by atoms with Gasteiger partial charge in [0, 0.05) is 36.8 Å². The molecule has 0 aliphatic heterocycles. The third kappa shape index (κ3) is 72.3. The molecule has 0 N–H and O–H groups in total. The summed E-state index contributed by atoms with van der Waals surface area (Å²) < 4.78 is 0. The van der Waals surface area contributed by atoms with Crippen LogP contribution in [0.15, 0.2) is 58.5 Å². The smallest absolute Gasteiger partial charge is 0.148 e. The molecule has 0 bridgehead atoms. The first-order chi connectivity index (χ1) is 53.7. The highest BCUT2D eigenvalue weighted by atomic mass is 14.8. The minimum Gasteiger partial charge on any atom is -0.237 e. The molecule has 0 saturated heterocycles. The molecule has 0 fully saturated rings. The molecule has 614 valence electrons. The third-order valence-corrected chi connectivity index (χ3v) is 22.9. The van der Waals surface area contributed by atoms with Gasteiger partial charge in [0.2, 0.25) is 0 Å². The molecule has 2 nitrogen and oxygen atoms in total. The first-order valence-electron chi connectivity index (χ1n) is 49.0. The largest absolute Gasteiger partial charge is 0.237 e. The Bertz CT molecular complexity index is 2530. The summed E-state index contributed by atoms with van der Waals surface area (Å²) in [7, 11) is 0.